The van der Waals surface area contributed by atoms with E-state index in [9.17, 15) is 9.59 Å². The second-order valence-electron chi connectivity index (χ2n) is 6.36. The molecule has 23 heavy (non-hydrogen) atoms. The zero-order valence-electron chi connectivity index (χ0n) is 13.7. The Morgan fingerprint density at radius 2 is 1.87 bits per heavy atom. The number of methoxy groups -OCH3 is 1. The number of carbonyl (C=O) groups excluding carboxylic acids is 2. The van der Waals surface area contributed by atoms with Gasteiger partial charge in [-0.2, -0.15) is 0 Å². The quantitative estimate of drug-likeness (QED) is 0.838. The monoisotopic (exact) mass is 338 g/mol. The van der Waals surface area contributed by atoms with E-state index < -0.39 is 12.1 Å². The molecular formula is C17H23ClN2O3. The van der Waals surface area contributed by atoms with Crippen LogP contribution >= 0.6 is 11.6 Å². The van der Waals surface area contributed by atoms with Gasteiger partial charge in [0.2, 0.25) is 5.91 Å². The van der Waals surface area contributed by atoms with Crippen molar-refractivity contribution in [2.24, 2.45) is 5.92 Å². The predicted octanol–water partition coefficient (Wildman–Crippen LogP) is 2.87. The molecule has 0 heterocycles. The highest BCUT2D eigenvalue weighted by atomic mass is 35.5. The highest BCUT2D eigenvalue weighted by Gasteiger charge is 2.44. The molecule has 0 aliphatic heterocycles. The Bertz CT molecular complexity index is 568. The summed E-state index contributed by atoms with van der Waals surface area (Å²) in [4.78, 5) is 23.8. The Labute approximate surface area is 141 Å². The maximum atomic E-state index is 12.4. The van der Waals surface area contributed by atoms with E-state index in [1.165, 1.54) is 12.7 Å². The van der Waals surface area contributed by atoms with Crippen LogP contribution in [0.2, 0.25) is 5.02 Å². The van der Waals surface area contributed by atoms with E-state index in [-0.39, 0.29) is 17.2 Å². The van der Waals surface area contributed by atoms with E-state index in [2.05, 4.69) is 15.4 Å². The number of halogens is 1. The van der Waals surface area contributed by atoms with E-state index in [1.807, 2.05) is 38.1 Å². The third-order valence-electron chi connectivity index (χ3n) is 4.32. The van der Waals surface area contributed by atoms with Gasteiger partial charge in [-0.25, -0.2) is 4.79 Å². The molecule has 2 rings (SSSR count). The average Bonchev–Trinajstić information content (AvgIpc) is 3.31. The third kappa shape index (κ3) is 4.38. The maximum absolute atomic E-state index is 12.4. The van der Waals surface area contributed by atoms with E-state index in [0.717, 1.165) is 12.8 Å². The van der Waals surface area contributed by atoms with E-state index in [0.29, 0.717) is 11.6 Å². The fourth-order valence-electron chi connectivity index (χ4n) is 2.61. The minimum atomic E-state index is -0.608. The summed E-state index contributed by atoms with van der Waals surface area (Å²) < 4.78 is 4.58. The summed E-state index contributed by atoms with van der Waals surface area (Å²) in [5.41, 5.74) is 1.18. The lowest BCUT2D eigenvalue weighted by Gasteiger charge is -2.23. The highest BCUT2D eigenvalue weighted by molar-refractivity contribution is 6.30. The summed E-state index contributed by atoms with van der Waals surface area (Å²) in [5.74, 6) is -0.217. The lowest BCUT2D eigenvalue weighted by molar-refractivity contribution is -0.124. The Balaban J connectivity index is 1.97. The van der Waals surface area contributed by atoms with Crippen molar-refractivity contribution in [3.8, 4) is 0 Å². The van der Waals surface area contributed by atoms with E-state index >= 15 is 0 Å². The highest BCUT2D eigenvalue weighted by Crippen LogP contribution is 2.47. The minimum absolute atomic E-state index is 0.00690. The zero-order valence-corrected chi connectivity index (χ0v) is 14.4. The van der Waals surface area contributed by atoms with Crippen LogP contribution in [-0.4, -0.2) is 31.7 Å². The summed E-state index contributed by atoms with van der Waals surface area (Å²) in [6.45, 7) is 4.32. The van der Waals surface area contributed by atoms with Gasteiger partial charge in [-0.1, -0.05) is 37.6 Å². The summed E-state index contributed by atoms with van der Waals surface area (Å²) in [6.07, 6.45) is 1.47. The molecule has 2 amide bonds. The van der Waals surface area contributed by atoms with Gasteiger partial charge in [0, 0.05) is 17.0 Å². The standard InChI is InChI=1S/C17H23ClN2O3/c1-11(2)14(20-16(22)23-3)15(21)19-10-17(8-9-17)12-4-6-13(18)7-5-12/h4-7,11,14H,8-10H2,1-3H3,(H,19,21)(H,20,22)/t14-/m0/s1. The van der Waals surface area contributed by atoms with Crippen LogP contribution < -0.4 is 10.6 Å². The van der Waals surface area contributed by atoms with Crippen LogP contribution in [-0.2, 0) is 14.9 Å². The topological polar surface area (TPSA) is 67.4 Å². The van der Waals surface area contributed by atoms with Gasteiger partial charge < -0.3 is 15.4 Å². The van der Waals surface area contributed by atoms with Gasteiger partial charge in [0.25, 0.3) is 0 Å². The number of hydrogen-bond donors (Lipinski definition) is 2. The van der Waals surface area contributed by atoms with Gasteiger partial charge in [0.05, 0.1) is 7.11 Å². The first kappa shape index (κ1) is 17.6. The lowest BCUT2D eigenvalue weighted by Crippen LogP contribution is -2.51. The fourth-order valence-corrected chi connectivity index (χ4v) is 2.73. The minimum Gasteiger partial charge on any atom is -0.453 e. The molecule has 1 aliphatic carbocycles. The molecule has 1 aromatic rings. The van der Waals surface area contributed by atoms with Crippen LogP contribution in [0.4, 0.5) is 4.79 Å². The molecule has 0 unspecified atom stereocenters. The molecule has 1 saturated carbocycles. The van der Waals surface area contributed by atoms with Gasteiger partial charge in [-0.3, -0.25) is 4.79 Å². The first-order valence-corrected chi connectivity index (χ1v) is 8.14. The van der Waals surface area contributed by atoms with Crippen molar-refractivity contribution in [3.05, 3.63) is 34.9 Å². The predicted molar refractivity (Wildman–Crippen MR) is 89.5 cm³/mol. The number of carbonyl (C=O) groups is 2. The van der Waals surface area contributed by atoms with Crippen LogP contribution in [0.3, 0.4) is 0 Å². The first-order valence-electron chi connectivity index (χ1n) is 7.76. The molecular weight excluding hydrogens is 316 g/mol. The number of rotatable bonds is 6. The molecule has 0 bridgehead atoms. The van der Waals surface area contributed by atoms with Crippen molar-refractivity contribution in [1.82, 2.24) is 10.6 Å². The Morgan fingerprint density at radius 3 is 2.35 bits per heavy atom. The first-order chi connectivity index (χ1) is 10.9. The number of benzene rings is 1. The van der Waals surface area contributed by atoms with Crippen molar-refractivity contribution in [2.75, 3.05) is 13.7 Å². The van der Waals surface area contributed by atoms with Gasteiger partial charge in [-0.15, -0.1) is 0 Å². The molecule has 5 nitrogen and oxygen atoms in total. The summed E-state index contributed by atoms with van der Waals surface area (Å²) >= 11 is 5.93. The number of hydrogen-bond acceptors (Lipinski definition) is 3. The molecule has 6 heteroatoms. The van der Waals surface area contributed by atoms with Gasteiger partial charge in [0.15, 0.2) is 0 Å². The van der Waals surface area contributed by atoms with Gasteiger partial charge in [0.1, 0.15) is 6.04 Å². The van der Waals surface area contributed by atoms with Crippen LogP contribution in [0.15, 0.2) is 24.3 Å². The molecule has 1 atom stereocenters. The van der Waals surface area contributed by atoms with Crippen molar-refractivity contribution in [3.63, 3.8) is 0 Å². The zero-order chi connectivity index (χ0) is 17.0. The molecule has 2 N–H and O–H groups in total. The maximum Gasteiger partial charge on any atom is 0.407 e. The van der Waals surface area contributed by atoms with Crippen molar-refractivity contribution in [2.45, 2.75) is 38.1 Å². The van der Waals surface area contributed by atoms with Crippen molar-refractivity contribution < 1.29 is 14.3 Å². The Hall–Kier alpha value is -1.75. The Morgan fingerprint density at radius 1 is 1.26 bits per heavy atom. The van der Waals surface area contributed by atoms with E-state index in [1.54, 1.807) is 0 Å². The van der Waals surface area contributed by atoms with Crippen molar-refractivity contribution in [1.29, 1.82) is 0 Å². The fraction of sp³-hybridized carbons (Fsp3) is 0.529. The molecule has 1 fully saturated rings. The summed E-state index contributed by atoms with van der Waals surface area (Å²) in [6, 6.07) is 7.15. The molecule has 1 aromatic carbocycles. The summed E-state index contributed by atoms with van der Waals surface area (Å²) in [5, 5.41) is 6.25. The molecule has 0 saturated heterocycles. The van der Waals surface area contributed by atoms with Crippen LogP contribution in [0.1, 0.15) is 32.3 Å². The van der Waals surface area contributed by atoms with Crippen LogP contribution in [0, 0.1) is 5.92 Å². The normalized spacial score (nSPS) is 16.6. The van der Waals surface area contributed by atoms with E-state index in [4.69, 9.17) is 11.6 Å². The van der Waals surface area contributed by atoms with Crippen molar-refractivity contribution >= 4 is 23.6 Å². The molecule has 0 aromatic heterocycles. The third-order valence-corrected chi connectivity index (χ3v) is 4.57. The number of nitrogens with one attached hydrogen (secondary N) is 2. The molecule has 0 radical (unpaired) electrons. The van der Waals surface area contributed by atoms with Gasteiger partial charge in [-0.05, 0) is 36.5 Å². The average molecular weight is 339 g/mol. The molecule has 126 valence electrons. The van der Waals surface area contributed by atoms with Crippen LogP contribution in [0.5, 0.6) is 0 Å². The van der Waals surface area contributed by atoms with Gasteiger partial charge >= 0.3 is 6.09 Å². The second kappa shape index (κ2) is 7.21. The van der Waals surface area contributed by atoms with Crippen LogP contribution in [0.25, 0.3) is 0 Å². The smallest absolute Gasteiger partial charge is 0.407 e. The summed E-state index contributed by atoms with van der Waals surface area (Å²) in [7, 11) is 1.28. The number of alkyl carbamates (subject to hydrolysis) is 1. The Kier molecular flexibility index (Phi) is 5.52. The SMILES string of the molecule is COC(=O)N[C@H](C(=O)NCC1(c2ccc(Cl)cc2)CC1)C(C)C. The molecule has 0 spiro atoms. The molecule has 1 aliphatic rings. The largest absolute Gasteiger partial charge is 0.453 e. The lowest BCUT2D eigenvalue weighted by atomic mass is 9.95. The number of ether oxygens (including phenoxy) is 1. The number of amides is 2. The second-order valence-corrected chi connectivity index (χ2v) is 6.80.